The predicted molar refractivity (Wildman–Crippen MR) is 84.0 cm³/mol. The van der Waals surface area contributed by atoms with Crippen molar-refractivity contribution in [3.05, 3.63) is 62.5 Å². The van der Waals surface area contributed by atoms with Crippen LogP contribution in [0.5, 0.6) is 5.75 Å². The van der Waals surface area contributed by atoms with Crippen LogP contribution in [-0.2, 0) is 0 Å². The third kappa shape index (κ3) is 3.17. The van der Waals surface area contributed by atoms with E-state index in [1.807, 2.05) is 42.5 Å². The fourth-order valence-corrected chi connectivity index (χ4v) is 2.84. The molecule has 1 unspecified atom stereocenters. The molecule has 3 nitrogen and oxygen atoms in total. The maximum Gasteiger partial charge on any atom is 0.124 e. The third-order valence-corrected chi connectivity index (χ3v) is 4.10. The molecule has 0 spiro atoms. The summed E-state index contributed by atoms with van der Waals surface area (Å²) in [6.45, 7) is 0. The van der Waals surface area contributed by atoms with Gasteiger partial charge in [-0.25, -0.2) is 5.43 Å². The van der Waals surface area contributed by atoms with E-state index in [9.17, 15) is 0 Å². The van der Waals surface area contributed by atoms with Gasteiger partial charge in [-0.3, -0.25) is 5.84 Å². The summed E-state index contributed by atoms with van der Waals surface area (Å²) < 4.78 is 7.39. The van der Waals surface area contributed by atoms with Crippen molar-refractivity contribution in [1.29, 1.82) is 0 Å². The lowest BCUT2D eigenvalue weighted by atomic mass is 9.98. The van der Waals surface area contributed by atoms with Gasteiger partial charge in [0.1, 0.15) is 5.75 Å². The summed E-state index contributed by atoms with van der Waals surface area (Å²) >= 11 is 7.04. The van der Waals surface area contributed by atoms with Gasteiger partial charge in [-0.2, -0.15) is 0 Å². The van der Waals surface area contributed by atoms with E-state index in [1.165, 1.54) is 0 Å². The summed E-state index contributed by atoms with van der Waals surface area (Å²) in [5, 5.41) is 0. The van der Waals surface area contributed by atoms with Crippen LogP contribution in [0.2, 0.25) is 0 Å². The molecular formula is C14H14Br2N2O. The lowest BCUT2D eigenvalue weighted by Crippen LogP contribution is -2.29. The van der Waals surface area contributed by atoms with Crippen LogP contribution >= 0.6 is 31.9 Å². The van der Waals surface area contributed by atoms with Crippen molar-refractivity contribution in [1.82, 2.24) is 5.43 Å². The SMILES string of the molecule is COc1ccccc1C(NN)c1cc(Br)ccc1Br. The number of hydrazine groups is 1. The van der Waals surface area contributed by atoms with Gasteiger partial charge in [0.15, 0.2) is 0 Å². The monoisotopic (exact) mass is 384 g/mol. The van der Waals surface area contributed by atoms with E-state index < -0.39 is 0 Å². The molecular weight excluding hydrogens is 372 g/mol. The van der Waals surface area contributed by atoms with Gasteiger partial charge >= 0.3 is 0 Å². The highest BCUT2D eigenvalue weighted by molar-refractivity contribution is 9.11. The number of ether oxygens (including phenoxy) is 1. The van der Waals surface area contributed by atoms with Crippen LogP contribution in [0.15, 0.2) is 51.4 Å². The molecule has 2 rings (SSSR count). The first-order valence-electron chi connectivity index (χ1n) is 5.71. The van der Waals surface area contributed by atoms with Crippen molar-refractivity contribution in [2.45, 2.75) is 6.04 Å². The minimum absolute atomic E-state index is 0.150. The van der Waals surface area contributed by atoms with Gasteiger partial charge in [-0.15, -0.1) is 0 Å². The number of hydrogen-bond donors (Lipinski definition) is 2. The van der Waals surface area contributed by atoms with Gasteiger partial charge in [0.2, 0.25) is 0 Å². The highest BCUT2D eigenvalue weighted by atomic mass is 79.9. The Labute approximate surface area is 129 Å². The molecule has 2 aromatic rings. The standard InChI is InChI=1S/C14H14Br2N2O/c1-19-13-5-3-2-4-10(13)14(18-17)11-8-9(15)6-7-12(11)16/h2-8,14,18H,17H2,1H3. The Morgan fingerprint density at radius 1 is 1.11 bits per heavy atom. The average Bonchev–Trinajstić information content (AvgIpc) is 2.44. The maximum atomic E-state index is 5.74. The Morgan fingerprint density at radius 3 is 2.53 bits per heavy atom. The summed E-state index contributed by atoms with van der Waals surface area (Å²) in [5.41, 5.74) is 4.88. The normalized spacial score (nSPS) is 12.2. The lowest BCUT2D eigenvalue weighted by molar-refractivity contribution is 0.404. The topological polar surface area (TPSA) is 47.3 Å². The van der Waals surface area contributed by atoms with Crippen molar-refractivity contribution in [3.63, 3.8) is 0 Å². The molecule has 5 heteroatoms. The van der Waals surface area contributed by atoms with Crippen molar-refractivity contribution < 1.29 is 4.74 Å². The number of methoxy groups -OCH3 is 1. The number of benzene rings is 2. The van der Waals surface area contributed by atoms with Crippen molar-refractivity contribution >= 4 is 31.9 Å². The third-order valence-electron chi connectivity index (χ3n) is 2.89. The molecule has 3 N–H and O–H groups in total. The minimum Gasteiger partial charge on any atom is -0.496 e. The van der Waals surface area contributed by atoms with Crippen LogP contribution < -0.4 is 16.0 Å². The molecule has 2 aromatic carbocycles. The first-order valence-corrected chi connectivity index (χ1v) is 7.30. The highest BCUT2D eigenvalue weighted by Crippen LogP contribution is 2.34. The molecule has 0 heterocycles. The Hall–Kier alpha value is -0.880. The molecule has 0 saturated heterocycles. The average molecular weight is 386 g/mol. The molecule has 19 heavy (non-hydrogen) atoms. The van der Waals surface area contributed by atoms with Crippen molar-refractivity contribution in [2.24, 2.45) is 5.84 Å². The summed E-state index contributed by atoms with van der Waals surface area (Å²) in [4.78, 5) is 0. The zero-order chi connectivity index (χ0) is 13.8. The van der Waals surface area contributed by atoms with Crippen LogP contribution in [0, 0.1) is 0 Å². The van der Waals surface area contributed by atoms with Crippen LogP contribution in [0.25, 0.3) is 0 Å². The van der Waals surface area contributed by atoms with Gasteiger partial charge < -0.3 is 4.74 Å². The number of para-hydroxylation sites is 1. The Bertz CT molecular complexity index is 575. The molecule has 0 saturated carbocycles. The molecule has 0 radical (unpaired) electrons. The molecule has 100 valence electrons. The highest BCUT2D eigenvalue weighted by Gasteiger charge is 2.19. The lowest BCUT2D eigenvalue weighted by Gasteiger charge is -2.21. The first kappa shape index (κ1) is 14.5. The van der Waals surface area contributed by atoms with E-state index in [2.05, 4.69) is 37.3 Å². The molecule has 0 amide bonds. The molecule has 0 bridgehead atoms. The molecule has 0 aliphatic heterocycles. The number of halogens is 2. The molecule has 0 aliphatic carbocycles. The Kier molecular flexibility index (Phi) is 4.99. The van der Waals surface area contributed by atoms with Crippen LogP contribution in [-0.4, -0.2) is 7.11 Å². The van der Waals surface area contributed by atoms with Gasteiger partial charge in [0.05, 0.1) is 13.2 Å². The van der Waals surface area contributed by atoms with E-state index in [4.69, 9.17) is 10.6 Å². The van der Waals surface area contributed by atoms with Crippen LogP contribution in [0.4, 0.5) is 0 Å². The predicted octanol–water partition coefficient (Wildman–Crippen LogP) is 3.77. The van der Waals surface area contributed by atoms with Gasteiger partial charge in [0, 0.05) is 14.5 Å². The summed E-state index contributed by atoms with van der Waals surface area (Å²) in [5.74, 6) is 6.54. The van der Waals surface area contributed by atoms with Gasteiger partial charge in [-0.1, -0.05) is 50.1 Å². The second kappa shape index (κ2) is 6.52. The molecule has 1 atom stereocenters. The number of nitrogens with two attached hydrogens (primary N) is 1. The van der Waals surface area contributed by atoms with E-state index in [1.54, 1.807) is 7.11 Å². The fourth-order valence-electron chi connectivity index (χ4n) is 1.99. The molecule has 0 aliphatic rings. The van der Waals surface area contributed by atoms with Gasteiger partial charge in [-0.05, 0) is 29.8 Å². The van der Waals surface area contributed by atoms with E-state index in [-0.39, 0.29) is 6.04 Å². The van der Waals surface area contributed by atoms with Crippen LogP contribution in [0.1, 0.15) is 17.2 Å². The number of nitrogens with one attached hydrogen (secondary N) is 1. The Balaban J connectivity index is 2.53. The first-order chi connectivity index (χ1) is 9.17. The fraction of sp³-hybridized carbons (Fsp3) is 0.143. The van der Waals surface area contributed by atoms with Crippen LogP contribution in [0.3, 0.4) is 0 Å². The zero-order valence-electron chi connectivity index (χ0n) is 10.4. The largest absolute Gasteiger partial charge is 0.496 e. The number of rotatable bonds is 4. The van der Waals surface area contributed by atoms with E-state index >= 15 is 0 Å². The van der Waals surface area contributed by atoms with Crippen molar-refractivity contribution in [2.75, 3.05) is 7.11 Å². The second-order valence-corrected chi connectivity index (χ2v) is 5.78. The second-order valence-electron chi connectivity index (χ2n) is 4.01. The van der Waals surface area contributed by atoms with E-state index in [0.717, 1.165) is 25.8 Å². The van der Waals surface area contributed by atoms with Crippen molar-refractivity contribution in [3.8, 4) is 5.75 Å². The van der Waals surface area contributed by atoms with E-state index in [0.29, 0.717) is 0 Å². The molecule has 0 aromatic heterocycles. The summed E-state index contributed by atoms with van der Waals surface area (Å²) in [7, 11) is 1.66. The van der Waals surface area contributed by atoms with Gasteiger partial charge in [0.25, 0.3) is 0 Å². The smallest absolute Gasteiger partial charge is 0.124 e. The quantitative estimate of drug-likeness (QED) is 0.622. The minimum atomic E-state index is -0.150. The maximum absolute atomic E-state index is 5.74. The number of hydrogen-bond acceptors (Lipinski definition) is 3. The molecule has 0 fully saturated rings. The summed E-state index contributed by atoms with van der Waals surface area (Å²) in [6, 6.07) is 13.7. The Morgan fingerprint density at radius 2 is 1.84 bits per heavy atom. The zero-order valence-corrected chi connectivity index (χ0v) is 13.5. The summed E-state index contributed by atoms with van der Waals surface area (Å²) in [6.07, 6.45) is 0.